The van der Waals surface area contributed by atoms with Crippen LogP contribution in [0.4, 0.5) is 0 Å². The maximum Gasteiger partial charge on any atom is 0.303 e. The molecular formula is C20H38O5. The fourth-order valence-corrected chi connectivity index (χ4v) is 3.27. The van der Waals surface area contributed by atoms with E-state index >= 15 is 0 Å². The smallest absolute Gasteiger partial charge is 0.303 e. The first-order valence-electron chi connectivity index (χ1n) is 9.05. The zero-order chi connectivity index (χ0) is 20.1. The number of carbonyl (C=O) groups excluding carboxylic acids is 1. The van der Waals surface area contributed by atoms with Crippen LogP contribution in [0.2, 0.25) is 0 Å². The summed E-state index contributed by atoms with van der Waals surface area (Å²) < 4.78 is 12.1. The van der Waals surface area contributed by atoms with Gasteiger partial charge in [-0.1, -0.05) is 20.8 Å². The first-order chi connectivity index (χ1) is 11.0. The van der Waals surface area contributed by atoms with Gasteiger partial charge in [0.15, 0.2) is 5.78 Å². The van der Waals surface area contributed by atoms with Gasteiger partial charge in [0.2, 0.25) is 0 Å². The highest BCUT2D eigenvalue weighted by Crippen LogP contribution is 2.33. The van der Waals surface area contributed by atoms with Crippen LogP contribution in [-0.2, 0) is 19.1 Å². The molecule has 5 heteroatoms. The molecule has 5 nitrogen and oxygen atoms in total. The summed E-state index contributed by atoms with van der Waals surface area (Å²) in [5.41, 5.74) is -1.44. The van der Waals surface area contributed by atoms with Crippen molar-refractivity contribution >= 4 is 11.8 Å². The quantitative estimate of drug-likeness (QED) is 0.583. The highest BCUT2D eigenvalue weighted by Gasteiger charge is 2.34. The van der Waals surface area contributed by atoms with Crippen LogP contribution in [0, 0.1) is 5.41 Å². The molecule has 0 aromatic heterocycles. The molecule has 0 aliphatic heterocycles. The second kappa shape index (κ2) is 8.63. The van der Waals surface area contributed by atoms with Crippen LogP contribution in [0.3, 0.4) is 0 Å². The van der Waals surface area contributed by atoms with Gasteiger partial charge in [0.25, 0.3) is 0 Å². The molecule has 0 aliphatic rings. The Balaban J connectivity index is 4.54. The van der Waals surface area contributed by atoms with Gasteiger partial charge in [0, 0.05) is 6.42 Å². The fourth-order valence-electron chi connectivity index (χ4n) is 3.27. The van der Waals surface area contributed by atoms with Crippen LogP contribution in [0.25, 0.3) is 0 Å². The predicted molar refractivity (Wildman–Crippen MR) is 99.8 cm³/mol. The highest BCUT2D eigenvalue weighted by atomic mass is 16.5. The standard InChI is InChI=1S/C20H38O5/c1-17(2,3)14-19(6,7)25-18(4,5)12-13-24-20(8,9)15(21)10-11-16(22)23/h10-14H2,1-9H3,(H,22,23). The van der Waals surface area contributed by atoms with Crippen molar-refractivity contribution in [2.24, 2.45) is 5.41 Å². The van der Waals surface area contributed by atoms with E-state index in [0.29, 0.717) is 13.0 Å². The Labute approximate surface area is 153 Å². The summed E-state index contributed by atoms with van der Waals surface area (Å²) in [7, 11) is 0. The van der Waals surface area contributed by atoms with Gasteiger partial charge in [-0.2, -0.15) is 0 Å². The molecule has 0 bridgehead atoms. The highest BCUT2D eigenvalue weighted by molar-refractivity contribution is 5.88. The van der Waals surface area contributed by atoms with Crippen molar-refractivity contribution in [3.8, 4) is 0 Å². The molecule has 0 atom stereocenters. The summed E-state index contributed by atoms with van der Waals surface area (Å²) in [6.07, 6.45) is 1.40. The molecule has 0 spiro atoms. The number of Topliss-reactive ketones (excluding diaryl/α,β-unsaturated/α-hetero) is 1. The molecule has 0 unspecified atom stereocenters. The maximum absolute atomic E-state index is 12.1. The molecule has 0 aromatic carbocycles. The molecular weight excluding hydrogens is 320 g/mol. The van der Waals surface area contributed by atoms with Crippen molar-refractivity contribution in [1.29, 1.82) is 0 Å². The summed E-state index contributed by atoms with van der Waals surface area (Å²) in [5, 5.41) is 8.69. The SMILES string of the molecule is CC(C)(C)CC(C)(C)OC(C)(C)CCOC(C)(C)C(=O)CCC(=O)O. The van der Waals surface area contributed by atoms with E-state index in [4.69, 9.17) is 14.6 Å². The minimum absolute atomic E-state index is 0.0131. The van der Waals surface area contributed by atoms with E-state index in [9.17, 15) is 9.59 Å². The Bertz CT molecular complexity index is 455. The number of carboxylic acids is 1. The topological polar surface area (TPSA) is 72.8 Å². The summed E-state index contributed by atoms with van der Waals surface area (Å²) in [4.78, 5) is 22.7. The van der Waals surface area contributed by atoms with Crippen LogP contribution in [-0.4, -0.2) is 40.3 Å². The summed E-state index contributed by atoms with van der Waals surface area (Å²) in [6, 6.07) is 0. The Morgan fingerprint density at radius 3 is 1.80 bits per heavy atom. The zero-order valence-corrected chi connectivity index (χ0v) is 17.6. The monoisotopic (exact) mass is 358 g/mol. The lowest BCUT2D eigenvalue weighted by Gasteiger charge is -2.40. The van der Waals surface area contributed by atoms with Gasteiger partial charge in [-0.25, -0.2) is 0 Å². The van der Waals surface area contributed by atoms with Gasteiger partial charge in [0.05, 0.1) is 24.2 Å². The van der Waals surface area contributed by atoms with E-state index in [1.54, 1.807) is 13.8 Å². The third-order valence-corrected chi connectivity index (χ3v) is 3.91. The Kier molecular flexibility index (Phi) is 8.31. The Morgan fingerprint density at radius 2 is 1.36 bits per heavy atom. The maximum atomic E-state index is 12.1. The molecule has 0 rings (SSSR count). The van der Waals surface area contributed by atoms with E-state index in [2.05, 4.69) is 34.6 Å². The Hall–Kier alpha value is -0.940. The Morgan fingerprint density at radius 1 is 0.840 bits per heavy atom. The number of aliphatic carboxylic acids is 1. The van der Waals surface area contributed by atoms with Crippen molar-refractivity contribution in [2.75, 3.05) is 6.61 Å². The number of ketones is 1. The summed E-state index contributed by atoms with van der Waals surface area (Å²) in [6.45, 7) is 18.6. The van der Waals surface area contributed by atoms with Crippen molar-refractivity contribution in [3.05, 3.63) is 0 Å². The van der Waals surface area contributed by atoms with Crippen LogP contribution in [0.1, 0.15) is 88.0 Å². The first kappa shape index (κ1) is 24.1. The predicted octanol–water partition coefficient (Wildman–Crippen LogP) is 4.62. The van der Waals surface area contributed by atoms with E-state index < -0.39 is 11.6 Å². The lowest BCUT2D eigenvalue weighted by atomic mass is 9.83. The molecule has 148 valence electrons. The van der Waals surface area contributed by atoms with E-state index in [0.717, 1.165) is 6.42 Å². The molecule has 0 saturated carbocycles. The number of carbonyl (C=O) groups is 2. The molecule has 0 aromatic rings. The largest absolute Gasteiger partial charge is 0.481 e. The average Bonchev–Trinajstić information content (AvgIpc) is 2.30. The first-order valence-corrected chi connectivity index (χ1v) is 9.05. The molecule has 0 aliphatic carbocycles. The summed E-state index contributed by atoms with van der Waals surface area (Å²) in [5.74, 6) is -1.17. The normalized spacial score (nSPS) is 13.8. The van der Waals surface area contributed by atoms with Crippen LogP contribution in [0.15, 0.2) is 0 Å². The van der Waals surface area contributed by atoms with Crippen LogP contribution in [0.5, 0.6) is 0 Å². The number of hydrogen-bond donors (Lipinski definition) is 1. The molecule has 0 fully saturated rings. The van der Waals surface area contributed by atoms with Crippen molar-refractivity contribution in [2.45, 2.75) is 105 Å². The van der Waals surface area contributed by atoms with Crippen molar-refractivity contribution < 1.29 is 24.2 Å². The molecule has 0 amide bonds. The molecule has 0 heterocycles. The van der Waals surface area contributed by atoms with Gasteiger partial charge >= 0.3 is 5.97 Å². The van der Waals surface area contributed by atoms with Crippen molar-refractivity contribution in [3.63, 3.8) is 0 Å². The van der Waals surface area contributed by atoms with Crippen LogP contribution >= 0.6 is 0 Å². The number of hydrogen-bond acceptors (Lipinski definition) is 4. The van der Waals surface area contributed by atoms with E-state index in [-0.39, 0.29) is 35.2 Å². The number of carboxylic acid groups (broad SMARTS) is 1. The lowest BCUT2D eigenvalue weighted by molar-refractivity contribution is -0.158. The third kappa shape index (κ3) is 11.3. The fraction of sp³-hybridized carbons (Fsp3) is 0.900. The third-order valence-electron chi connectivity index (χ3n) is 3.91. The van der Waals surface area contributed by atoms with Gasteiger partial charge in [-0.3, -0.25) is 9.59 Å². The summed E-state index contributed by atoms with van der Waals surface area (Å²) >= 11 is 0. The zero-order valence-electron chi connectivity index (χ0n) is 17.6. The number of ether oxygens (including phenoxy) is 2. The van der Waals surface area contributed by atoms with Gasteiger partial charge in [0.1, 0.15) is 5.60 Å². The molecule has 0 radical (unpaired) electrons. The second-order valence-corrected chi connectivity index (χ2v) is 9.78. The van der Waals surface area contributed by atoms with Crippen molar-refractivity contribution in [1.82, 2.24) is 0 Å². The average molecular weight is 359 g/mol. The second-order valence-electron chi connectivity index (χ2n) is 9.78. The minimum Gasteiger partial charge on any atom is -0.481 e. The van der Waals surface area contributed by atoms with Gasteiger partial charge in [-0.15, -0.1) is 0 Å². The molecule has 25 heavy (non-hydrogen) atoms. The number of rotatable bonds is 11. The van der Waals surface area contributed by atoms with E-state index in [1.807, 2.05) is 13.8 Å². The van der Waals surface area contributed by atoms with Gasteiger partial charge < -0.3 is 14.6 Å². The van der Waals surface area contributed by atoms with E-state index in [1.165, 1.54) is 0 Å². The van der Waals surface area contributed by atoms with Gasteiger partial charge in [-0.05, 0) is 59.8 Å². The molecule has 0 saturated heterocycles. The van der Waals surface area contributed by atoms with Crippen LogP contribution < -0.4 is 0 Å². The lowest BCUT2D eigenvalue weighted by Crippen LogP contribution is -2.41. The molecule has 1 N–H and O–H groups in total. The minimum atomic E-state index is -0.980.